The summed E-state index contributed by atoms with van der Waals surface area (Å²) in [6, 6.07) is 28.4. The van der Waals surface area contributed by atoms with Crippen LogP contribution >= 0.6 is 0 Å². The molecule has 4 aromatic carbocycles. The molecule has 0 aliphatic heterocycles. The van der Waals surface area contributed by atoms with Crippen molar-refractivity contribution < 1.29 is 8.83 Å². The van der Waals surface area contributed by atoms with E-state index in [0.717, 1.165) is 55.0 Å². The number of furan rings is 2. The van der Waals surface area contributed by atoms with E-state index >= 15 is 0 Å². The van der Waals surface area contributed by atoms with E-state index < -0.39 is 0 Å². The van der Waals surface area contributed by atoms with Crippen LogP contribution in [0, 0.1) is 0 Å². The number of hydrogen-bond acceptors (Lipinski definition) is 5. The Balaban J connectivity index is 1.52. The smallest absolute Gasteiger partial charge is 0.167 e. The summed E-state index contributed by atoms with van der Waals surface area (Å²) in [6.45, 7) is 6.33. The van der Waals surface area contributed by atoms with Crippen molar-refractivity contribution in [1.82, 2.24) is 15.0 Å². The van der Waals surface area contributed by atoms with Crippen molar-refractivity contribution in [2.75, 3.05) is 0 Å². The van der Waals surface area contributed by atoms with Crippen molar-refractivity contribution >= 4 is 43.9 Å². The van der Waals surface area contributed by atoms with Crippen molar-refractivity contribution in [3.63, 3.8) is 0 Å². The molecule has 36 heavy (non-hydrogen) atoms. The second kappa shape index (κ2) is 7.49. The molecular formula is C31H23N3O2. The molecule has 5 nitrogen and oxygen atoms in total. The van der Waals surface area contributed by atoms with E-state index in [1.807, 2.05) is 60.7 Å². The van der Waals surface area contributed by atoms with Crippen LogP contribution in [0.25, 0.3) is 66.7 Å². The number of fused-ring (bicyclic) bond motifs is 6. The van der Waals surface area contributed by atoms with E-state index in [9.17, 15) is 0 Å². The summed E-state index contributed by atoms with van der Waals surface area (Å²) in [5, 5.41) is 4.24. The predicted octanol–water partition coefficient (Wildman–Crippen LogP) is 8.30. The van der Waals surface area contributed by atoms with Crippen molar-refractivity contribution in [2.45, 2.75) is 26.2 Å². The molecule has 3 aromatic heterocycles. The van der Waals surface area contributed by atoms with Crippen LogP contribution in [0.5, 0.6) is 0 Å². The Hall–Kier alpha value is -4.51. The van der Waals surface area contributed by atoms with E-state index in [1.54, 1.807) is 0 Å². The van der Waals surface area contributed by atoms with E-state index in [-0.39, 0.29) is 5.41 Å². The largest absolute Gasteiger partial charge is 0.455 e. The summed E-state index contributed by atoms with van der Waals surface area (Å²) in [7, 11) is 0. The van der Waals surface area contributed by atoms with Crippen LogP contribution in [0.4, 0.5) is 0 Å². The highest BCUT2D eigenvalue weighted by molar-refractivity contribution is 6.10. The molecule has 0 unspecified atom stereocenters. The van der Waals surface area contributed by atoms with Gasteiger partial charge in [0, 0.05) is 27.0 Å². The third-order valence-electron chi connectivity index (χ3n) is 6.60. The molecular weight excluding hydrogens is 446 g/mol. The van der Waals surface area contributed by atoms with Crippen molar-refractivity contribution in [3.8, 4) is 22.8 Å². The van der Waals surface area contributed by atoms with Gasteiger partial charge >= 0.3 is 0 Å². The molecule has 0 radical (unpaired) electrons. The first-order valence-corrected chi connectivity index (χ1v) is 12.1. The zero-order chi connectivity index (χ0) is 24.4. The van der Waals surface area contributed by atoms with Crippen LogP contribution in [0.2, 0.25) is 0 Å². The van der Waals surface area contributed by atoms with Crippen LogP contribution in [0.15, 0.2) is 93.8 Å². The normalized spacial score (nSPS) is 12.3. The average molecular weight is 470 g/mol. The fourth-order valence-corrected chi connectivity index (χ4v) is 4.80. The Kier molecular flexibility index (Phi) is 4.33. The van der Waals surface area contributed by atoms with Gasteiger partial charge in [0.15, 0.2) is 11.6 Å². The lowest BCUT2D eigenvalue weighted by atomic mass is 9.95. The third kappa shape index (κ3) is 3.13. The molecule has 0 fully saturated rings. The first-order chi connectivity index (χ1) is 17.5. The van der Waals surface area contributed by atoms with E-state index in [2.05, 4.69) is 45.0 Å². The van der Waals surface area contributed by atoms with Crippen LogP contribution < -0.4 is 0 Å². The van der Waals surface area contributed by atoms with Gasteiger partial charge in [-0.25, -0.2) is 15.0 Å². The Morgan fingerprint density at radius 1 is 0.500 bits per heavy atom. The highest BCUT2D eigenvalue weighted by Gasteiger charge is 2.24. The average Bonchev–Trinajstić information content (AvgIpc) is 3.46. The predicted molar refractivity (Wildman–Crippen MR) is 144 cm³/mol. The van der Waals surface area contributed by atoms with Gasteiger partial charge in [-0.1, -0.05) is 81.4 Å². The van der Waals surface area contributed by atoms with Crippen LogP contribution in [-0.4, -0.2) is 15.0 Å². The van der Waals surface area contributed by atoms with Gasteiger partial charge in [0.1, 0.15) is 28.2 Å². The van der Waals surface area contributed by atoms with Crippen LogP contribution in [0.3, 0.4) is 0 Å². The number of benzene rings is 4. The number of rotatable bonds is 2. The van der Waals surface area contributed by atoms with Crippen molar-refractivity contribution in [2.24, 2.45) is 0 Å². The van der Waals surface area contributed by atoms with Crippen molar-refractivity contribution in [3.05, 3.63) is 90.8 Å². The monoisotopic (exact) mass is 469 g/mol. The van der Waals surface area contributed by atoms with Gasteiger partial charge in [-0.2, -0.15) is 0 Å². The Labute approximate surface area is 207 Å². The molecule has 0 aliphatic rings. The summed E-state index contributed by atoms with van der Waals surface area (Å²) < 4.78 is 12.6. The second-order valence-corrected chi connectivity index (χ2v) is 10.1. The first-order valence-electron chi connectivity index (χ1n) is 12.1. The number of aromatic nitrogens is 3. The summed E-state index contributed by atoms with van der Waals surface area (Å²) in [5.41, 5.74) is 4.64. The lowest BCUT2D eigenvalue weighted by Crippen LogP contribution is -2.18. The maximum absolute atomic E-state index is 6.30. The maximum Gasteiger partial charge on any atom is 0.167 e. The highest BCUT2D eigenvalue weighted by Crippen LogP contribution is 2.38. The number of nitrogens with zero attached hydrogens (tertiary/aromatic N) is 3. The summed E-state index contributed by atoms with van der Waals surface area (Å²) in [6.07, 6.45) is 0. The molecule has 0 spiro atoms. The minimum Gasteiger partial charge on any atom is -0.455 e. The molecule has 0 aliphatic carbocycles. The minimum absolute atomic E-state index is 0.282. The SMILES string of the molecule is CC(C)(C)c1nc(-c2cccc3c2oc2ccccc23)nc(-c2cccc3c2oc2ccccc23)n1. The Morgan fingerprint density at radius 2 is 0.944 bits per heavy atom. The van der Waals surface area contributed by atoms with Gasteiger partial charge in [-0.05, 0) is 24.3 Å². The topological polar surface area (TPSA) is 65.0 Å². The number of hydrogen-bond donors (Lipinski definition) is 0. The molecule has 0 atom stereocenters. The van der Waals surface area contributed by atoms with E-state index in [4.69, 9.17) is 23.8 Å². The summed E-state index contributed by atoms with van der Waals surface area (Å²) in [5.74, 6) is 1.88. The molecule has 0 bridgehead atoms. The molecule has 0 amide bonds. The summed E-state index contributed by atoms with van der Waals surface area (Å²) >= 11 is 0. The van der Waals surface area contributed by atoms with Gasteiger partial charge in [0.2, 0.25) is 0 Å². The van der Waals surface area contributed by atoms with Gasteiger partial charge in [-0.15, -0.1) is 0 Å². The highest BCUT2D eigenvalue weighted by atomic mass is 16.3. The molecule has 0 saturated carbocycles. The quantitative estimate of drug-likeness (QED) is 0.255. The van der Waals surface area contributed by atoms with Gasteiger partial charge in [0.25, 0.3) is 0 Å². The van der Waals surface area contributed by atoms with E-state index in [1.165, 1.54) is 0 Å². The molecule has 0 N–H and O–H groups in total. The van der Waals surface area contributed by atoms with Gasteiger partial charge in [0.05, 0.1) is 11.1 Å². The van der Waals surface area contributed by atoms with Gasteiger partial charge < -0.3 is 8.83 Å². The molecule has 5 heteroatoms. The second-order valence-electron chi connectivity index (χ2n) is 10.1. The maximum atomic E-state index is 6.30. The van der Waals surface area contributed by atoms with Crippen molar-refractivity contribution in [1.29, 1.82) is 0 Å². The summed E-state index contributed by atoms with van der Waals surface area (Å²) in [4.78, 5) is 14.8. The molecule has 3 heterocycles. The lowest BCUT2D eigenvalue weighted by Gasteiger charge is -2.18. The zero-order valence-corrected chi connectivity index (χ0v) is 20.2. The number of para-hydroxylation sites is 4. The fourth-order valence-electron chi connectivity index (χ4n) is 4.80. The van der Waals surface area contributed by atoms with E-state index in [0.29, 0.717) is 17.5 Å². The Bertz CT molecular complexity index is 1810. The molecule has 7 rings (SSSR count). The van der Waals surface area contributed by atoms with Crippen LogP contribution in [-0.2, 0) is 5.41 Å². The Morgan fingerprint density at radius 3 is 1.42 bits per heavy atom. The first kappa shape index (κ1) is 20.8. The van der Waals surface area contributed by atoms with Gasteiger partial charge in [-0.3, -0.25) is 0 Å². The minimum atomic E-state index is -0.282. The molecule has 174 valence electrons. The zero-order valence-electron chi connectivity index (χ0n) is 20.2. The fraction of sp³-hybridized carbons (Fsp3) is 0.129. The molecule has 0 saturated heterocycles. The standard InChI is InChI=1S/C31H23N3O2/c1-31(2,3)30-33-28(22-14-8-12-20-18-10-4-6-16-24(18)35-26(20)22)32-29(34-30)23-15-9-13-21-19-11-5-7-17-25(19)36-27(21)23/h4-17H,1-3H3. The third-order valence-corrected chi connectivity index (χ3v) is 6.60. The lowest BCUT2D eigenvalue weighted by molar-refractivity contribution is 0.543. The van der Waals surface area contributed by atoms with Crippen LogP contribution in [0.1, 0.15) is 26.6 Å². The molecule has 7 aromatic rings.